The second-order valence-electron chi connectivity index (χ2n) is 9.79. The van der Waals surface area contributed by atoms with E-state index in [4.69, 9.17) is 9.26 Å². The predicted octanol–water partition coefficient (Wildman–Crippen LogP) is 3.78. The number of H-pyrrole nitrogens is 1. The van der Waals surface area contributed by atoms with Gasteiger partial charge in [0.25, 0.3) is 5.56 Å². The molecule has 10 heteroatoms. The number of fused-ring (bicyclic) bond motifs is 1. The van der Waals surface area contributed by atoms with Gasteiger partial charge in [-0.25, -0.2) is 9.31 Å². The molecule has 0 spiro atoms. The van der Waals surface area contributed by atoms with E-state index in [1.165, 1.54) is 0 Å². The number of hydrogen-bond donors (Lipinski definition) is 1. The average Bonchev–Trinajstić information content (AvgIpc) is 3.45. The van der Waals surface area contributed by atoms with Crippen LogP contribution in [0.4, 0.5) is 4.79 Å². The number of ether oxygens (including phenoxy) is 1. The monoisotopic (exact) mass is 476 g/mol. The maximum atomic E-state index is 12.6. The molecule has 0 aliphatic carbocycles. The molecule has 0 radical (unpaired) electrons. The van der Waals surface area contributed by atoms with E-state index in [2.05, 4.69) is 20.2 Å². The van der Waals surface area contributed by atoms with Gasteiger partial charge in [0.2, 0.25) is 11.7 Å². The topological polar surface area (TPSA) is 119 Å². The molecule has 0 bridgehead atoms. The summed E-state index contributed by atoms with van der Waals surface area (Å²) < 4.78 is 12.7. The first-order valence-electron chi connectivity index (χ1n) is 11.7. The Labute approximate surface area is 201 Å². The van der Waals surface area contributed by atoms with Crippen molar-refractivity contribution in [3.8, 4) is 11.4 Å². The summed E-state index contributed by atoms with van der Waals surface area (Å²) in [5.41, 5.74) is 2.22. The Morgan fingerprint density at radius 2 is 1.94 bits per heavy atom. The zero-order valence-electron chi connectivity index (χ0n) is 20.0. The highest BCUT2D eigenvalue weighted by atomic mass is 16.6. The van der Waals surface area contributed by atoms with Crippen LogP contribution in [-0.4, -0.2) is 54.4 Å². The lowest BCUT2D eigenvalue weighted by Crippen LogP contribution is -2.41. The molecule has 0 atom stereocenters. The van der Waals surface area contributed by atoms with Gasteiger partial charge >= 0.3 is 6.09 Å². The Balaban J connectivity index is 1.37. The number of aromatic nitrogens is 5. The fourth-order valence-corrected chi connectivity index (χ4v) is 4.36. The molecule has 35 heavy (non-hydrogen) atoms. The van der Waals surface area contributed by atoms with E-state index in [1.807, 2.05) is 51.1 Å². The summed E-state index contributed by atoms with van der Waals surface area (Å²) in [6.07, 6.45) is 3.26. The lowest BCUT2D eigenvalue weighted by atomic mass is 9.93. The van der Waals surface area contributed by atoms with E-state index in [9.17, 15) is 9.59 Å². The fourth-order valence-electron chi connectivity index (χ4n) is 4.36. The maximum absolute atomic E-state index is 12.6. The summed E-state index contributed by atoms with van der Waals surface area (Å²) in [6, 6.07) is 11.4. The molecule has 5 rings (SSSR count). The van der Waals surface area contributed by atoms with Gasteiger partial charge in [-0.3, -0.25) is 4.79 Å². The number of likely N-dealkylation sites (tertiary alicyclic amines) is 1. The molecule has 10 nitrogen and oxygen atoms in total. The zero-order chi connectivity index (χ0) is 24.6. The Hall–Kier alpha value is -3.95. The van der Waals surface area contributed by atoms with E-state index in [0.29, 0.717) is 55.3 Å². The second kappa shape index (κ2) is 9.01. The molecule has 1 saturated heterocycles. The van der Waals surface area contributed by atoms with Crippen LogP contribution in [0, 0.1) is 0 Å². The van der Waals surface area contributed by atoms with Gasteiger partial charge in [-0.15, -0.1) is 0 Å². The zero-order valence-corrected chi connectivity index (χ0v) is 20.0. The number of hydrogen-bond acceptors (Lipinski definition) is 7. The Bertz CT molecular complexity index is 1390. The molecule has 1 aromatic carbocycles. The van der Waals surface area contributed by atoms with Gasteiger partial charge < -0.3 is 19.1 Å². The average molecular weight is 477 g/mol. The summed E-state index contributed by atoms with van der Waals surface area (Å²) >= 11 is 0. The first-order chi connectivity index (χ1) is 16.8. The van der Waals surface area contributed by atoms with Crippen LogP contribution < -0.4 is 5.56 Å². The van der Waals surface area contributed by atoms with Crippen LogP contribution in [0.3, 0.4) is 0 Å². The Kier molecular flexibility index (Phi) is 5.88. The molecule has 1 aliphatic heterocycles. The minimum atomic E-state index is -0.533. The highest BCUT2D eigenvalue weighted by molar-refractivity contribution is 5.72. The lowest BCUT2D eigenvalue weighted by molar-refractivity contribution is 0.0203. The van der Waals surface area contributed by atoms with E-state index >= 15 is 0 Å². The maximum Gasteiger partial charge on any atom is 0.410 e. The number of rotatable bonds is 4. The van der Waals surface area contributed by atoms with Gasteiger partial charge in [-0.05, 0) is 39.2 Å². The number of amides is 1. The normalized spacial score (nSPS) is 15.0. The summed E-state index contributed by atoms with van der Waals surface area (Å²) in [5.74, 6) is 0.933. The molecule has 1 aliphatic rings. The van der Waals surface area contributed by atoms with Gasteiger partial charge in [0.1, 0.15) is 11.2 Å². The van der Waals surface area contributed by atoms with E-state index < -0.39 is 5.60 Å². The number of nitrogens with one attached hydrogen (secondary N) is 1. The minimum Gasteiger partial charge on any atom is -0.444 e. The van der Waals surface area contributed by atoms with Crippen molar-refractivity contribution in [1.29, 1.82) is 0 Å². The van der Waals surface area contributed by atoms with Crippen molar-refractivity contribution < 1.29 is 14.1 Å². The van der Waals surface area contributed by atoms with E-state index in [1.54, 1.807) is 21.7 Å². The van der Waals surface area contributed by atoms with Gasteiger partial charge in [-0.1, -0.05) is 35.5 Å². The van der Waals surface area contributed by atoms with E-state index in [-0.39, 0.29) is 17.6 Å². The molecule has 1 amide bonds. The van der Waals surface area contributed by atoms with Crippen LogP contribution in [0.15, 0.2) is 51.9 Å². The number of carbonyl (C=O) groups excluding carboxylic acids is 1. The number of piperidine rings is 1. The summed E-state index contributed by atoms with van der Waals surface area (Å²) in [5, 5.41) is 8.64. The van der Waals surface area contributed by atoms with Crippen molar-refractivity contribution in [1.82, 2.24) is 29.6 Å². The molecule has 182 valence electrons. The third-order valence-electron chi connectivity index (χ3n) is 6.01. The van der Waals surface area contributed by atoms with Crippen LogP contribution in [0.25, 0.3) is 17.0 Å². The highest BCUT2D eigenvalue weighted by Gasteiger charge is 2.29. The van der Waals surface area contributed by atoms with Gasteiger partial charge in [-0.2, -0.15) is 10.1 Å². The van der Waals surface area contributed by atoms with Crippen molar-refractivity contribution in [3.63, 3.8) is 0 Å². The van der Waals surface area contributed by atoms with Crippen LogP contribution in [0.1, 0.15) is 56.7 Å². The molecule has 0 unspecified atom stereocenters. The lowest BCUT2D eigenvalue weighted by Gasteiger charge is -2.33. The minimum absolute atomic E-state index is 0.0742. The van der Waals surface area contributed by atoms with Crippen molar-refractivity contribution in [2.45, 2.75) is 51.6 Å². The first-order valence-corrected chi connectivity index (χ1v) is 11.7. The SMILES string of the molecule is CC(C)(C)OC(=O)N1CCC(c2cc(=O)[nH]c3c(-c4noc(Cc5ccccc5)n4)cnn23)CC1. The molecule has 1 N–H and O–H groups in total. The quantitative estimate of drug-likeness (QED) is 0.476. The number of aromatic amines is 1. The molecule has 3 aromatic heterocycles. The highest BCUT2D eigenvalue weighted by Crippen LogP contribution is 2.30. The summed E-state index contributed by atoms with van der Waals surface area (Å²) in [7, 11) is 0. The van der Waals surface area contributed by atoms with E-state index in [0.717, 1.165) is 11.3 Å². The second-order valence-corrected chi connectivity index (χ2v) is 9.79. The van der Waals surface area contributed by atoms with Crippen LogP contribution in [0.5, 0.6) is 0 Å². The fraction of sp³-hybridized carbons (Fsp3) is 0.400. The largest absolute Gasteiger partial charge is 0.444 e. The summed E-state index contributed by atoms with van der Waals surface area (Å²) in [6.45, 7) is 6.67. The Morgan fingerprint density at radius 1 is 1.20 bits per heavy atom. The number of carbonyl (C=O) groups is 1. The third-order valence-corrected chi connectivity index (χ3v) is 6.01. The standard InChI is InChI=1S/C25H28N6O4/c1-25(2,3)34-24(33)30-11-9-17(10-12-30)19-14-20(32)27-23-18(15-26-31(19)23)22-28-21(35-29-22)13-16-7-5-4-6-8-16/h4-8,14-15,17H,9-13H2,1-3H3,(H,27,32). The smallest absolute Gasteiger partial charge is 0.410 e. The molecule has 0 saturated carbocycles. The van der Waals surface area contributed by atoms with Gasteiger partial charge in [0.15, 0.2) is 0 Å². The van der Waals surface area contributed by atoms with Crippen LogP contribution >= 0.6 is 0 Å². The van der Waals surface area contributed by atoms with Crippen LogP contribution in [0.2, 0.25) is 0 Å². The van der Waals surface area contributed by atoms with Crippen molar-refractivity contribution in [2.75, 3.05) is 13.1 Å². The molecule has 4 heterocycles. The van der Waals surface area contributed by atoms with Crippen molar-refractivity contribution in [3.05, 3.63) is 70.1 Å². The first kappa shape index (κ1) is 22.8. The molecule has 4 aromatic rings. The predicted molar refractivity (Wildman–Crippen MR) is 128 cm³/mol. The van der Waals surface area contributed by atoms with Gasteiger partial charge in [0.05, 0.1) is 23.9 Å². The summed E-state index contributed by atoms with van der Waals surface area (Å²) in [4.78, 5) is 34.1. The molecule has 1 fully saturated rings. The third kappa shape index (κ3) is 4.96. The van der Waals surface area contributed by atoms with Crippen LogP contribution in [-0.2, 0) is 11.2 Å². The number of nitrogens with zero attached hydrogens (tertiary/aromatic N) is 5. The molecular formula is C25H28N6O4. The number of benzene rings is 1. The van der Waals surface area contributed by atoms with Crippen molar-refractivity contribution in [2.24, 2.45) is 0 Å². The molecular weight excluding hydrogens is 448 g/mol. The Morgan fingerprint density at radius 3 is 2.66 bits per heavy atom. The van der Waals surface area contributed by atoms with Gasteiger partial charge in [0, 0.05) is 25.1 Å². The van der Waals surface area contributed by atoms with Crippen molar-refractivity contribution >= 4 is 11.7 Å².